The van der Waals surface area contributed by atoms with E-state index in [1.54, 1.807) is 32.4 Å². The molecule has 0 spiro atoms. The van der Waals surface area contributed by atoms with Crippen molar-refractivity contribution in [2.45, 2.75) is 0 Å². The van der Waals surface area contributed by atoms with E-state index < -0.39 is 5.63 Å². The molecule has 0 unspecified atom stereocenters. The maximum atomic E-state index is 12.4. The first kappa shape index (κ1) is 15.0. The van der Waals surface area contributed by atoms with E-state index in [4.69, 9.17) is 18.6 Å². The number of methoxy groups -OCH3 is 3. The SMILES string of the molecule is COc1ccc(-c2cc3cc(OC)cc(OC)c3c(=O)o2)cc1. The van der Waals surface area contributed by atoms with Crippen LogP contribution in [0.3, 0.4) is 0 Å². The van der Waals surface area contributed by atoms with Crippen LogP contribution in [-0.2, 0) is 0 Å². The van der Waals surface area contributed by atoms with E-state index in [0.29, 0.717) is 28.0 Å². The van der Waals surface area contributed by atoms with Gasteiger partial charge in [0.2, 0.25) is 0 Å². The minimum atomic E-state index is -0.451. The zero-order valence-corrected chi connectivity index (χ0v) is 13.1. The second-order valence-corrected chi connectivity index (χ2v) is 4.92. The molecule has 1 heterocycles. The minimum Gasteiger partial charge on any atom is -0.497 e. The molecule has 23 heavy (non-hydrogen) atoms. The molecule has 2 aromatic carbocycles. The van der Waals surface area contributed by atoms with Gasteiger partial charge < -0.3 is 18.6 Å². The average Bonchev–Trinajstić information content (AvgIpc) is 2.60. The van der Waals surface area contributed by atoms with Gasteiger partial charge in [0.25, 0.3) is 0 Å². The molecule has 0 atom stereocenters. The highest BCUT2D eigenvalue weighted by Gasteiger charge is 2.13. The van der Waals surface area contributed by atoms with Crippen molar-refractivity contribution in [1.82, 2.24) is 0 Å². The molecule has 3 rings (SSSR count). The number of benzene rings is 2. The van der Waals surface area contributed by atoms with Gasteiger partial charge in [0.1, 0.15) is 28.4 Å². The Morgan fingerprint density at radius 2 is 1.52 bits per heavy atom. The number of ether oxygens (including phenoxy) is 3. The summed E-state index contributed by atoms with van der Waals surface area (Å²) in [6.07, 6.45) is 0. The quantitative estimate of drug-likeness (QED) is 0.738. The fraction of sp³-hybridized carbons (Fsp3) is 0.167. The molecule has 118 valence electrons. The Kier molecular flexibility index (Phi) is 3.93. The Morgan fingerprint density at radius 1 is 0.826 bits per heavy atom. The van der Waals surface area contributed by atoms with Crippen LogP contribution in [0.5, 0.6) is 17.2 Å². The molecule has 0 saturated carbocycles. The van der Waals surface area contributed by atoms with Crippen LogP contribution >= 0.6 is 0 Å². The maximum absolute atomic E-state index is 12.4. The molecule has 5 heteroatoms. The first-order valence-corrected chi connectivity index (χ1v) is 7.00. The summed E-state index contributed by atoms with van der Waals surface area (Å²) in [6, 6.07) is 12.5. The van der Waals surface area contributed by atoms with Crippen molar-refractivity contribution in [2.24, 2.45) is 0 Å². The smallest absolute Gasteiger partial charge is 0.347 e. The van der Waals surface area contributed by atoms with Crippen LogP contribution in [0.25, 0.3) is 22.1 Å². The minimum absolute atomic E-state index is 0.394. The van der Waals surface area contributed by atoms with Gasteiger partial charge >= 0.3 is 5.63 Å². The first-order chi connectivity index (χ1) is 11.2. The number of fused-ring (bicyclic) bond motifs is 1. The van der Waals surface area contributed by atoms with Crippen molar-refractivity contribution in [3.8, 4) is 28.6 Å². The number of hydrogen-bond donors (Lipinski definition) is 0. The van der Waals surface area contributed by atoms with E-state index in [2.05, 4.69) is 0 Å². The maximum Gasteiger partial charge on any atom is 0.347 e. The molecule has 0 aliphatic rings. The van der Waals surface area contributed by atoms with Crippen molar-refractivity contribution >= 4 is 10.8 Å². The van der Waals surface area contributed by atoms with Crippen LogP contribution in [0.15, 0.2) is 51.7 Å². The molecule has 1 aromatic heterocycles. The predicted molar refractivity (Wildman–Crippen MR) is 87.6 cm³/mol. The van der Waals surface area contributed by atoms with E-state index in [-0.39, 0.29) is 0 Å². The average molecular weight is 312 g/mol. The topological polar surface area (TPSA) is 57.9 Å². The summed E-state index contributed by atoms with van der Waals surface area (Å²) in [7, 11) is 4.67. The van der Waals surface area contributed by atoms with Crippen LogP contribution in [0.4, 0.5) is 0 Å². The first-order valence-electron chi connectivity index (χ1n) is 7.00. The normalized spacial score (nSPS) is 10.6. The fourth-order valence-corrected chi connectivity index (χ4v) is 2.44. The Morgan fingerprint density at radius 3 is 2.13 bits per heavy atom. The Bertz CT molecular complexity index is 894. The molecule has 0 saturated heterocycles. The van der Waals surface area contributed by atoms with E-state index in [1.165, 1.54) is 7.11 Å². The van der Waals surface area contributed by atoms with Crippen LogP contribution in [-0.4, -0.2) is 21.3 Å². The molecule has 5 nitrogen and oxygen atoms in total. The molecule has 3 aromatic rings. The van der Waals surface area contributed by atoms with Crippen molar-refractivity contribution < 1.29 is 18.6 Å². The van der Waals surface area contributed by atoms with Gasteiger partial charge in [-0.1, -0.05) is 0 Å². The van der Waals surface area contributed by atoms with Crippen molar-refractivity contribution in [3.05, 3.63) is 52.9 Å². The molecule has 0 radical (unpaired) electrons. The summed E-state index contributed by atoms with van der Waals surface area (Å²) >= 11 is 0. The highest BCUT2D eigenvalue weighted by Crippen LogP contribution is 2.31. The molecule has 0 aliphatic heterocycles. The largest absolute Gasteiger partial charge is 0.497 e. The lowest BCUT2D eigenvalue weighted by Crippen LogP contribution is -2.03. The highest BCUT2D eigenvalue weighted by atomic mass is 16.5. The van der Waals surface area contributed by atoms with Crippen molar-refractivity contribution in [2.75, 3.05) is 21.3 Å². The third kappa shape index (κ3) is 2.73. The van der Waals surface area contributed by atoms with E-state index in [0.717, 1.165) is 11.3 Å². The monoisotopic (exact) mass is 312 g/mol. The van der Waals surface area contributed by atoms with Gasteiger partial charge in [0.15, 0.2) is 0 Å². The van der Waals surface area contributed by atoms with E-state index in [1.807, 2.05) is 24.3 Å². The second kappa shape index (κ2) is 6.04. The van der Waals surface area contributed by atoms with Crippen molar-refractivity contribution in [3.63, 3.8) is 0 Å². The lowest BCUT2D eigenvalue weighted by atomic mass is 10.1. The van der Waals surface area contributed by atoms with Crippen LogP contribution < -0.4 is 19.8 Å². The summed E-state index contributed by atoms with van der Waals surface area (Å²) in [4.78, 5) is 12.4. The van der Waals surface area contributed by atoms with Gasteiger partial charge in [0.05, 0.1) is 21.3 Å². The molecule has 0 aliphatic carbocycles. The van der Waals surface area contributed by atoms with Gasteiger partial charge in [-0.2, -0.15) is 0 Å². The van der Waals surface area contributed by atoms with Crippen molar-refractivity contribution in [1.29, 1.82) is 0 Å². The highest BCUT2D eigenvalue weighted by molar-refractivity contribution is 5.90. The molecule has 0 N–H and O–H groups in total. The van der Waals surface area contributed by atoms with Gasteiger partial charge in [-0.25, -0.2) is 4.79 Å². The second-order valence-electron chi connectivity index (χ2n) is 4.92. The molecular weight excluding hydrogens is 296 g/mol. The zero-order chi connectivity index (χ0) is 16.4. The summed E-state index contributed by atoms with van der Waals surface area (Å²) in [5, 5.41) is 1.09. The molecule has 0 bridgehead atoms. The Labute approximate surface area is 133 Å². The van der Waals surface area contributed by atoms with Crippen LogP contribution in [0, 0.1) is 0 Å². The summed E-state index contributed by atoms with van der Waals surface area (Å²) < 4.78 is 21.1. The Balaban J connectivity index is 2.21. The lowest BCUT2D eigenvalue weighted by molar-refractivity contribution is 0.396. The van der Waals surface area contributed by atoms with Crippen LogP contribution in [0.2, 0.25) is 0 Å². The van der Waals surface area contributed by atoms with Crippen LogP contribution in [0.1, 0.15) is 0 Å². The Hall–Kier alpha value is -2.95. The summed E-state index contributed by atoms with van der Waals surface area (Å²) in [5.41, 5.74) is 0.333. The van der Waals surface area contributed by atoms with Gasteiger partial charge in [0, 0.05) is 17.0 Å². The summed E-state index contributed by atoms with van der Waals surface area (Å²) in [5.74, 6) is 2.25. The van der Waals surface area contributed by atoms with Gasteiger partial charge in [-0.3, -0.25) is 0 Å². The van der Waals surface area contributed by atoms with E-state index in [9.17, 15) is 4.79 Å². The molecule has 0 fully saturated rings. The molecular formula is C18H16O5. The third-order valence-corrected chi connectivity index (χ3v) is 3.63. The summed E-state index contributed by atoms with van der Waals surface area (Å²) in [6.45, 7) is 0. The number of rotatable bonds is 4. The predicted octanol–water partition coefficient (Wildman–Crippen LogP) is 3.49. The standard InChI is InChI=1S/C18H16O5/c1-20-13-6-4-11(5-7-13)15-9-12-8-14(21-2)10-16(22-3)17(12)18(19)23-15/h4-10H,1-3H3. The van der Waals surface area contributed by atoms with Gasteiger partial charge in [-0.15, -0.1) is 0 Å². The van der Waals surface area contributed by atoms with Gasteiger partial charge in [-0.05, 0) is 36.4 Å². The number of hydrogen-bond acceptors (Lipinski definition) is 5. The molecule has 0 amide bonds. The third-order valence-electron chi connectivity index (χ3n) is 3.63. The van der Waals surface area contributed by atoms with E-state index >= 15 is 0 Å². The lowest BCUT2D eigenvalue weighted by Gasteiger charge is -2.09. The zero-order valence-electron chi connectivity index (χ0n) is 13.1. The fourth-order valence-electron chi connectivity index (χ4n) is 2.44.